The molecule has 11 nitrogen and oxygen atoms in total. The topological polar surface area (TPSA) is 148 Å². The molecule has 0 bridgehead atoms. The molecule has 1 saturated carbocycles. The second kappa shape index (κ2) is 13.0. The van der Waals surface area contributed by atoms with Crippen molar-refractivity contribution in [3.8, 4) is 11.1 Å². The van der Waals surface area contributed by atoms with Crippen molar-refractivity contribution in [3.05, 3.63) is 93.7 Å². The van der Waals surface area contributed by atoms with Gasteiger partial charge in [-0.15, -0.1) is 0 Å². The van der Waals surface area contributed by atoms with Gasteiger partial charge in [0, 0.05) is 36.2 Å². The van der Waals surface area contributed by atoms with Crippen LogP contribution in [0, 0.1) is 23.4 Å². The molecular formula is C35H26F8N8O3S. The molecule has 0 spiro atoms. The summed E-state index contributed by atoms with van der Waals surface area (Å²) < 4.78 is 117. The van der Waals surface area contributed by atoms with E-state index in [1.165, 1.54) is 6.07 Å². The van der Waals surface area contributed by atoms with Gasteiger partial charge in [-0.1, -0.05) is 17.4 Å². The molecule has 2 aromatic carbocycles. The molecule has 5 aromatic rings. The second-order valence-electron chi connectivity index (χ2n) is 13.5. The van der Waals surface area contributed by atoms with E-state index < -0.39 is 94.7 Å². The van der Waals surface area contributed by atoms with E-state index in [0.717, 1.165) is 35.6 Å². The lowest BCUT2D eigenvalue weighted by Crippen LogP contribution is -2.47. The number of rotatable bonds is 9. The second-order valence-corrected chi connectivity index (χ2v) is 14.5. The number of alkyl halides is 5. The Balaban J connectivity index is 1.24. The zero-order chi connectivity index (χ0) is 39.1. The number of piperazine rings is 1. The molecule has 1 unspecified atom stereocenters. The van der Waals surface area contributed by atoms with E-state index in [0.29, 0.717) is 33.7 Å². The molecule has 1 saturated heterocycles. The number of carbonyl (C=O) groups is 3. The standard InChI is InChI=1S/C35H26F8N8O3S/c36-16-5-14(6-17(37)9-16)7-23(46-26(53)13-51-30-27(29(49-51)35(41,42)43)19-10-21(19)34(30,39)40)28-18(15-1-2-22(38)20(8-15)31(44)54)11-24-32(47-28)48-33(55-24)50-4-3-45-25(52)12-50/h1-2,5-6,8-9,11,19,21,23H,3-4,7,10,12-13H2,(H2,44,54)(H,45,52)(H,46,53)/t19-,21?,23-/m0/s1. The van der Waals surface area contributed by atoms with Gasteiger partial charge in [-0.05, 0) is 60.2 Å². The number of pyridine rings is 1. The number of halogens is 8. The predicted octanol–water partition coefficient (Wildman–Crippen LogP) is 5.34. The lowest BCUT2D eigenvalue weighted by molar-refractivity contribution is -0.142. The molecule has 20 heteroatoms. The number of hydrogen-bond acceptors (Lipinski definition) is 8. The van der Waals surface area contributed by atoms with Gasteiger partial charge in [0.1, 0.15) is 29.7 Å². The van der Waals surface area contributed by atoms with E-state index in [1.807, 2.05) is 0 Å². The molecule has 3 aromatic heterocycles. The Kier molecular flexibility index (Phi) is 8.58. The molecule has 2 aliphatic carbocycles. The number of benzene rings is 2. The molecular weight excluding hydrogens is 764 g/mol. The summed E-state index contributed by atoms with van der Waals surface area (Å²) in [5, 5.41) is 9.07. The van der Waals surface area contributed by atoms with Crippen molar-refractivity contribution in [3.63, 3.8) is 0 Å². The number of primary amides is 1. The first kappa shape index (κ1) is 36.3. The number of carbonyl (C=O) groups excluding carboxylic acids is 3. The Morgan fingerprint density at radius 3 is 2.51 bits per heavy atom. The number of nitrogens with two attached hydrogens (primary N) is 1. The van der Waals surface area contributed by atoms with Crippen LogP contribution in [0.1, 0.15) is 56.9 Å². The highest BCUT2D eigenvalue weighted by Gasteiger charge is 2.68. The van der Waals surface area contributed by atoms with Crippen LogP contribution < -0.4 is 21.3 Å². The lowest BCUT2D eigenvalue weighted by Gasteiger charge is -2.25. The van der Waals surface area contributed by atoms with Crippen molar-refractivity contribution < 1.29 is 49.5 Å². The Hall–Kier alpha value is -5.66. The van der Waals surface area contributed by atoms with Gasteiger partial charge in [0.05, 0.1) is 28.5 Å². The number of anilines is 1. The van der Waals surface area contributed by atoms with Crippen LogP contribution in [-0.2, 0) is 34.7 Å². The molecule has 3 atom stereocenters. The highest BCUT2D eigenvalue weighted by atomic mass is 32.1. The average molecular weight is 791 g/mol. The minimum absolute atomic E-state index is 0.0168. The molecule has 55 heavy (non-hydrogen) atoms. The molecule has 8 rings (SSSR count). The lowest BCUT2D eigenvalue weighted by atomic mass is 9.94. The molecule has 3 amide bonds. The molecule has 286 valence electrons. The van der Waals surface area contributed by atoms with Crippen LogP contribution in [0.5, 0.6) is 0 Å². The fourth-order valence-electron chi connectivity index (χ4n) is 7.33. The minimum Gasteiger partial charge on any atom is -0.366 e. The Morgan fingerprint density at radius 2 is 1.82 bits per heavy atom. The summed E-state index contributed by atoms with van der Waals surface area (Å²) in [7, 11) is 0. The van der Waals surface area contributed by atoms with Gasteiger partial charge in [0.2, 0.25) is 11.8 Å². The molecule has 1 aliphatic heterocycles. The zero-order valence-electron chi connectivity index (χ0n) is 28.0. The van der Waals surface area contributed by atoms with Crippen LogP contribution in [-0.4, -0.2) is 57.1 Å². The van der Waals surface area contributed by atoms with Gasteiger partial charge in [0.25, 0.3) is 11.8 Å². The summed E-state index contributed by atoms with van der Waals surface area (Å²) in [5.41, 5.74) is 2.05. The fraction of sp³-hybridized carbons (Fsp3) is 0.314. The van der Waals surface area contributed by atoms with Crippen LogP contribution >= 0.6 is 11.3 Å². The number of nitrogens with one attached hydrogen (secondary N) is 2. The number of nitrogens with zero attached hydrogens (tertiary/aromatic N) is 5. The molecule has 4 heterocycles. The van der Waals surface area contributed by atoms with Crippen molar-refractivity contribution in [2.45, 2.75) is 43.4 Å². The maximum Gasteiger partial charge on any atom is 0.435 e. The highest BCUT2D eigenvalue weighted by Crippen LogP contribution is 2.68. The molecule has 4 N–H and O–H groups in total. The first-order valence-corrected chi connectivity index (χ1v) is 17.5. The summed E-state index contributed by atoms with van der Waals surface area (Å²) in [6.07, 6.45) is -5.65. The molecule has 2 fully saturated rings. The third-order valence-corrected chi connectivity index (χ3v) is 10.8. The van der Waals surface area contributed by atoms with E-state index in [-0.39, 0.29) is 46.9 Å². The average Bonchev–Trinajstić information content (AvgIpc) is 3.55. The Labute approximate surface area is 308 Å². The quantitative estimate of drug-likeness (QED) is 0.171. The summed E-state index contributed by atoms with van der Waals surface area (Å²) in [5.74, 6) is -11.5. The van der Waals surface area contributed by atoms with Crippen molar-refractivity contribution in [2.24, 2.45) is 11.7 Å². The predicted molar refractivity (Wildman–Crippen MR) is 179 cm³/mol. The normalized spacial score (nSPS) is 19.2. The van der Waals surface area contributed by atoms with Crippen LogP contribution in [0.4, 0.5) is 40.3 Å². The minimum atomic E-state index is -5.08. The first-order valence-electron chi connectivity index (χ1n) is 16.7. The summed E-state index contributed by atoms with van der Waals surface area (Å²) >= 11 is 1.14. The van der Waals surface area contributed by atoms with Crippen molar-refractivity contribution in [1.29, 1.82) is 0 Å². The third-order valence-electron chi connectivity index (χ3n) is 9.77. The smallest absolute Gasteiger partial charge is 0.366 e. The van der Waals surface area contributed by atoms with Crippen LogP contribution in [0.15, 0.2) is 42.5 Å². The largest absolute Gasteiger partial charge is 0.435 e. The van der Waals surface area contributed by atoms with Gasteiger partial charge in [0.15, 0.2) is 16.5 Å². The van der Waals surface area contributed by atoms with Crippen molar-refractivity contribution >= 4 is 44.5 Å². The maximum atomic E-state index is 15.3. The Bertz CT molecular complexity index is 2410. The monoisotopic (exact) mass is 790 g/mol. The SMILES string of the molecule is NC(=O)c1cc(-c2cc3sc(N4CCNC(=O)C4)nc3nc2[C@H](Cc2cc(F)cc(F)c2)NC(=O)Cn2nc(C(F)(F)F)c3c2C(F)(F)C2C[C@H]32)ccc1F. The van der Waals surface area contributed by atoms with Crippen molar-refractivity contribution in [2.75, 3.05) is 24.5 Å². The number of aromatic nitrogens is 4. The van der Waals surface area contributed by atoms with Gasteiger partial charge >= 0.3 is 6.18 Å². The number of amides is 3. The summed E-state index contributed by atoms with van der Waals surface area (Å²) in [6.45, 7) is -0.376. The molecule has 0 radical (unpaired) electrons. The van der Waals surface area contributed by atoms with Crippen LogP contribution in [0.2, 0.25) is 0 Å². The van der Waals surface area contributed by atoms with Gasteiger partial charge in [-0.25, -0.2) is 18.2 Å². The van der Waals surface area contributed by atoms with Crippen LogP contribution in [0.3, 0.4) is 0 Å². The molecule has 3 aliphatic rings. The van der Waals surface area contributed by atoms with E-state index in [1.54, 1.807) is 11.0 Å². The summed E-state index contributed by atoms with van der Waals surface area (Å²) in [4.78, 5) is 49.0. The van der Waals surface area contributed by atoms with E-state index >= 15 is 8.78 Å². The van der Waals surface area contributed by atoms with Crippen molar-refractivity contribution in [1.82, 2.24) is 30.4 Å². The maximum absolute atomic E-state index is 15.3. The first-order chi connectivity index (χ1) is 26.0. The number of fused-ring (bicyclic) bond motifs is 4. The van der Waals surface area contributed by atoms with Gasteiger partial charge in [-0.2, -0.15) is 32.0 Å². The van der Waals surface area contributed by atoms with E-state index in [4.69, 9.17) is 5.73 Å². The zero-order valence-corrected chi connectivity index (χ0v) is 28.8. The van der Waals surface area contributed by atoms with Crippen LogP contribution in [0.25, 0.3) is 21.5 Å². The highest BCUT2D eigenvalue weighted by molar-refractivity contribution is 7.22. The Morgan fingerprint density at radius 1 is 1.07 bits per heavy atom. The van der Waals surface area contributed by atoms with E-state index in [2.05, 4.69) is 25.7 Å². The number of hydrogen-bond donors (Lipinski definition) is 3. The van der Waals surface area contributed by atoms with Gasteiger partial charge in [-0.3, -0.25) is 19.1 Å². The van der Waals surface area contributed by atoms with E-state index in [9.17, 15) is 40.7 Å². The fourth-order valence-corrected chi connectivity index (χ4v) is 8.30. The number of thiazole rings is 1. The summed E-state index contributed by atoms with van der Waals surface area (Å²) in [6, 6.07) is 6.06. The van der Waals surface area contributed by atoms with Gasteiger partial charge < -0.3 is 21.3 Å². The third kappa shape index (κ3) is 6.61.